The lowest BCUT2D eigenvalue weighted by atomic mass is 10.2. The third kappa shape index (κ3) is 2.97. The number of aliphatic hydroxyl groups is 1. The van der Waals surface area contributed by atoms with Gasteiger partial charge in [-0.2, -0.15) is 0 Å². The number of H-pyrrole nitrogens is 1. The maximum Gasteiger partial charge on any atom is 0.152 e. The summed E-state index contributed by atoms with van der Waals surface area (Å²) in [6.45, 7) is 8.84. The zero-order chi connectivity index (χ0) is 14.0. The average molecular weight is 280 g/mol. The quantitative estimate of drug-likeness (QED) is 0.815. The first-order chi connectivity index (χ1) is 9.04. The Labute approximate surface area is 115 Å². The van der Waals surface area contributed by atoms with Gasteiger partial charge in [0.15, 0.2) is 11.9 Å². The van der Waals surface area contributed by atoms with Crippen LogP contribution < -0.4 is 0 Å². The Kier molecular flexibility index (Phi) is 4.56. The first-order valence-corrected chi connectivity index (χ1v) is 8.73. The zero-order valence-corrected chi connectivity index (χ0v) is 12.6. The molecule has 2 heterocycles. The Morgan fingerprint density at radius 3 is 3.00 bits per heavy atom. The Balaban J connectivity index is 2.16. The molecule has 4 unspecified atom stereocenters. The molecule has 0 amide bonds. The number of hydrogen-bond acceptors (Lipinski definition) is 3. The summed E-state index contributed by atoms with van der Waals surface area (Å²) in [7, 11) is -0.391. The molecular formula is C14H23N3OP+. The van der Waals surface area contributed by atoms with E-state index in [2.05, 4.69) is 41.3 Å². The van der Waals surface area contributed by atoms with Gasteiger partial charge in [-0.25, -0.2) is 4.98 Å². The highest BCUT2D eigenvalue weighted by molar-refractivity contribution is 7.55. The summed E-state index contributed by atoms with van der Waals surface area (Å²) in [6, 6.07) is 0.182. The van der Waals surface area contributed by atoms with Crippen molar-refractivity contribution >= 4 is 19.9 Å². The maximum absolute atomic E-state index is 10.5. The summed E-state index contributed by atoms with van der Waals surface area (Å²) in [6.07, 6.45) is 9.34. The number of imidazole rings is 1. The SMILES string of the molecule is C=Cc1cnc(C2CCCN2C(O)C(C)[P+](=C)C)[nH]1. The van der Waals surface area contributed by atoms with E-state index < -0.39 is 13.8 Å². The molecule has 4 atom stereocenters. The van der Waals surface area contributed by atoms with Crippen LogP contribution in [0, 0.1) is 0 Å². The first kappa shape index (κ1) is 14.4. The van der Waals surface area contributed by atoms with Gasteiger partial charge in [0.1, 0.15) is 5.82 Å². The summed E-state index contributed by atoms with van der Waals surface area (Å²) in [5.74, 6) is 0.933. The van der Waals surface area contributed by atoms with Gasteiger partial charge in [-0.15, -0.1) is 0 Å². The fraction of sp³-hybridized carbons (Fsp3) is 0.571. The van der Waals surface area contributed by atoms with Crippen molar-refractivity contribution in [2.45, 2.75) is 37.7 Å². The normalized spacial score (nSPS) is 24.2. The molecule has 1 fully saturated rings. The Morgan fingerprint density at radius 2 is 2.42 bits per heavy atom. The van der Waals surface area contributed by atoms with E-state index in [0.717, 1.165) is 30.9 Å². The average Bonchev–Trinajstić information content (AvgIpc) is 3.04. The van der Waals surface area contributed by atoms with E-state index in [-0.39, 0.29) is 11.7 Å². The number of nitrogens with zero attached hydrogens (tertiary/aromatic N) is 2. The number of rotatable bonds is 5. The number of nitrogens with one attached hydrogen (secondary N) is 1. The summed E-state index contributed by atoms with van der Waals surface area (Å²) >= 11 is 0. The van der Waals surface area contributed by atoms with Gasteiger partial charge in [0, 0.05) is 6.54 Å². The minimum atomic E-state index is -0.432. The Bertz CT molecular complexity index is 471. The van der Waals surface area contributed by atoms with Crippen LogP contribution in [0.15, 0.2) is 12.8 Å². The third-order valence-corrected chi connectivity index (χ3v) is 5.57. The van der Waals surface area contributed by atoms with E-state index in [4.69, 9.17) is 0 Å². The summed E-state index contributed by atoms with van der Waals surface area (Å²) in [4.78, 5) is 9.83. The van der Waals surface area contributed by atoms with Gasteiger partial charge in [0.05, 0.1) is 38.4 Å². The molecule has 4 nitrogen and oxygen atoms in total. The largest absolute Gasteiger partial charge is 0.374 e. The molecule has 1 aliphatic heterocycles. The minimum absolute atomic E-state index is 0.182. The fourth-order valence-corrected chi connectivity index (χ4v) is 3.16. The second kappa shape index (κ2) is 6.00. The number of aromatic nitrogens is 2. The molecule has 0 aliphatic carbocycles. The van der Waals surface area contributed by atoms with E-state index in [0.29, 0.717) is 0 Å². The van der Waals surface area contributed by atoms with Crippen molar-refractivity contribution in [3.8, 4) is 0 Å². The molecule has 5 heteroatoms. The topological polar surface area (TPSA) is 52.1 Å². The van der Waals surface area contributed by atoms with Crippen LogP contribution in [-0.4, -0.2) is 51.4 Å². The van der Waals surface area contributed by atoms with E-state index >= 15 is 0 Å². The van der Waals surface area contributed by atoms with Gasteiger partial charge in [-0.1, -0.05) is 6.58 Å². The van der Waals surface area contributed by atoms with Crippen molar-refractivity contribution in [2.75, 3.05) is 13.2 Å². The van der Waals surface area contributed by atoms with Gasteiger partial charge < -0.3 is 10.1 Å². The van der Waals surface area contributed by atoms with Crippen molar-refractivity contribution in [2.24, 2.45) is 0 Å². The minimum Gasteiger partial charge on any atom is -0.374 e. The van der Waals surface area contributed by atoms with E-state index in [9.17, 15) is 5.11 Å². The second-order valence-corrected chi connectivity index (χ2v) is 7.56. The molecule has 0 bridgehead atoms. The first-order valence-electron chi connectivity index (χ1n) is 6.69. The highest BCUT2D eigenvalue weighted by Crippen LogP contribution is 2.36. The van der Waals surface area contributed by atoms with Crippen molar-refractivity contribution < 1.29 is 5.11 Å². The summed E-state index contributed by atoms with van der Waals surface area (Å²) in [5.41, 5.74) is 1.14. The lowest BCUT2D eigenvalue weighted by Gasteiger charge is -2.29. The standard InChI is InChI=1S/C14H23N3OP/c1-5-11-9-15-13(16-11)12-7-6-8-17(12)14(18)10(2)19(3)4/h5,9-10,12,14,18H,1,3,6-8H2,2,4H3,(H,15,16)/q+1. The van der Waals surface area contributed by atoms with Crippen LogP contribution in [0.4, 0.5) is 0 Å². The molecular weight excluding hydrogens is 257 g/mol. The number of likely N-dealkylation sites (tertiary alicyclic amines) is 1. The van der Waals surface area contributed by atoms with Gasteiger partial charge in [0.25, 0.3) is 0 Å². The fourth-order valence-electron chi connectivity index (χ4n) is 2.53. The van der Waals surface area contributed by atoms with Crippen molar-refractivity contribution in [1.82, 2.24) is 14.9 Å². The monoisotopic (exact) mass is 280 g/mol. The third-order valence-electron chi connectivity index (χ3n) is 3.91. The van der Waals surface area contributed by atoms with Crippen molar-refractivity contribution in [3.05, 3.63) is 24.3 Å². The van der Waals surface area contributed by atoms with Crippen LogP contribution in [0.1, 0.15) is 37.3 Å². The predicted octanol–water partition coefficient (Wildman–Crippen LogP) is 2.44. The lowest BCUT2D eigenvalue weighted by molar-refractivity contribution is -0.00619. The molecule has 2 N–H and O–H groups in total. The molecule has 19 heavy (non-hydrogen) atoms. The molecule has 104 valence electrons. The Hall–Kier alpha value is -0.960. The van der Waals surface area contributed by atoms with Crippen LogP contribution >= 0.6 is 7.55 Å². The van der Waals surface area contributed by atoms with Gasteiger partial charge in [0.2, 0.25) is 0 Å². The molecule has 1 aliphatic rings. The molecule has 1 aromatic rings. The van der Waals surface area contributed by atoms with Gasteiger partial charge in [-0.05, 0) is 25.8 Å². The van der Waals surface area contributed by atoms with Crippen LogP contribution in [0.25, 0.3) is 6.08 Å². The molecule has 0 spiro atoms. The highest BCUT2D eigenvalue weighted by atomic mass is 31.1. The van der Waals surface area contributed by atoms with Gasteiger partial charge >= 0.3 is 0 Å². The Morgan fingerprint density at radius 1 is 1.68 bits per heavy atom. The van der Waals surface area contributed by atoms with Crippen LogP contribution in [0.3, 0.4) is 0 Å². The molecule has 1 saturated heterocycles. The van der Waals surface area contributed by atoms with Crippen molar-refractivity contribution in [3.63, 3.8) is 0 Å². The predicted molar refractivity (Wildman–Crippen MR) is 82.8 cm³/mol. The summed E-state index contributed by atoms with van der Waals surface area (Å²) in [5, 5.41) is 10.5. The molecule has 1 aromatic heterocycles. The van der Waals surface area contributed by atoms with Gasteiger partial charge in [-0.3, -0.25) is 4.90 Å². The highest BCUT2D eigenvalue weighted by Gasteiger charge is 2.37. The van der Waals surface area contributed by atoms with E-state index in [1.54, 1.807) is 12.3 Å². The number of hydrogen-bond donors (Lipinski definition) is 2. The summed E-state index contributed by atoms with van der Waals surface area (Å²) < 4.78 is 0. The smallest absolute Gasteiger partial charge is 0.152 e. The van der Waals surface area contributed by atoms with Crippen molar-refractivity contribution in [1.29, 1.82) is 0 Å². The molecule has 0 saturated carbocycles. The van der Waals surface area contributed by atoms with E-state index in [1.807, 2.05) is 0 Å². The second-order valence-electron chi connectivity index (χ2n) is 5.23. The molecule has 0 radical (unpaired) electrons. The van der Waals surface area contributed by atoms with Crippen LogP contribution in [0.2, 0.25) is 0 Å². The number of aliphatic hydroxyl groups excluding tert-OH is 1. The van der Waals surface area contributed by atoms with E-state index in [1.165, 1.54) is 0 Å². The van der Waals surface area contributed by atoms with Crippen LogP contribution in [-0.2, 0) is 0 Å². The number of aromatic amines is 1. The van der Waals surface area contributed by atoms with Crippen LogP contribution in [0.5, 0.6) is 0 Å². The lowest BCUT2D eigenvalue weighted by Crippen LogP contribution is -2.40. The molecule has 2 rings (SSSR count). The maximum atomic E-state index is 10.5. The zero-order valence-electron chi connectivity index (χ0n) is 11.7. The molecule has 0 aromatic carbocycles.